The molecular formula is C10H16O. The maximum Gasteiger partial charge on any atom is 0.0543 e. The molecule has 1 heteroatoms. The second kappa shape index (κ2) is 7.37. The normalized spacial score (nSPS) is 12.0. The van der Waals surface area contributed by atoms with Crippen LogP contribution in [0.2, 0.25) is 0 Å². The van der Waals surface area contributed by atoms with E-state index >= 15 is 0 Å². The van der Waals surface area contributed by atoms with E-state index in [1.807, 2.05) is 6.08 Å². The van der Waals surface area contributed by atoms with Crippen LogP contribution in [-0.2, 0) is 0 Å². The van der Waals surface area contributed by atoms with Crippen LogP contribution in [0.1, 0.15) is 32.1 Å². The van der Waals surface area contributed by atoms with Crippen molar-refractivity contribution in [1.82, 2.24) is 0 Å². The van der Waals surface area contributed by atoms with Crippen molar-refractivity contribution in [3.05, 3.63) is 12.7 Å². The molecule has 0 aromatic heterocycles. The molecule has 0 aliphatic rings. The highest BCUT2D eigenvalue weighted by molar-refractivity contribution is 4.83. The Bertz CT molecular complexity index is 132. The minimum atomic E-state index is -0.193. The Hall–Kier alpha value is -0.740. The number of hydrogen-bond acceptors (Lipinski definition) is 1. The molecule has 0 heterocycles. The van der Waals surface area contributed by atoms with E-state index in [0.717, 1.165) is 32.1 Å². The fourth-order valence-electron chi connectivity index (χ4n) is 0.894. The fourth-order valence-corrected chi connectivity index (χ4v) is 0.894. The average molecular weight is 152 g/mol. The first-order chi connectivity index (χ1) is 5.31. The van der Waals surface area contributed by atoms with Gasteiger partial charge in [-0.25, -0.2) is 0 Å². The van der Waals surface area contributed by atoms with E-state index in [9.17, 15) is 5.11 Å². The molecule has 0 aromatic rings. The number of aliphatic hydroxyl groups is 1. The van der Waals surface area contributed by atoms with Gasteiger partial charge in [-0.15, -0.1) is 18.9 Å². The number of allylic oxidation sites excluding steroid dienone is 1. The number of hydrogen-bond donors (Lipinski definition) is 1. The summed E-state index contributed by atoms with van der Waals surface area (Å²) in [7, 11) is 0. The van der Waals surface area contributed by atoms with Gasteiger partial charge < -0.3 is 5.11 Å². The standard InChI is InChI=1S/C10H16O/c1-3-5-7-9-10(11)8-6-4-2/h1,4,10-11H,2,5-9H2/t10-/m1/s1. The molecule has 0 spiro atoms. The smallest absolute Gasteiger partial charge is 0.0543 e. The third-order valence-corrected chi connectivity index (χ3v) is 1.56. The lowest BCUT2D eigenvalue weighted by atomic mass is 10.1. The summed E-state index contributed by atoms with van der Waals surface area (Å²) < 4.78 is 0. The summed E-state index contributed by atoms with van der Waals surface area (Å²) in [6, 6.07) is 0. The van der Waals surface area contributed by atoms with Gasteiger partial charge in [-0.05, 0) is 25.7 Å². The molecule has 0 saturated heterocycles. The topological polar surface area (TPSA) is 20.2 Å². The summed E-state index contributed by atoms with van der Waals surface area (Å²) in [6.45, 7) is 3.59. The summed E-state index contributed by atoms with van der Waals surface area (Å²) in [4.78, 5) is 0. The van der Waals surface area contributed by atoms with E-state index in [1.54, 1.807) is 0 Å². The molecule has 1 nitrogen and oxygen atoms in total. The first-order valence-electron chi connectivity index (χ1n) is 4.03. The van der Waals surface area contributed by atoms with Crippen LogP contribution in [0.4, 0.5) is 0 Å². The van der Waals surface area contributed by atoms with Crippen molar-refractivity contribution in [2.45, 2.75) is 38.2 Å². The van der Waals surface area contributed by atoms with Crippen LogP contribution in [0.15, 0.2) is 12.7 Å². The van der Waals surface area contributed by atoms with Crippen LogP contribution < -0.4 is 0 Å². The molecule has 0 saturated carbocycles. The van der Waals surface area contributed by atoms with Gasteiger partial charge in [-0.2, -0.15) is 0 Å². The number of rotatable bonds is 6. The molecule has 0 radical (unpaired) electrons. The average Bonchev–Trinajstić information content (AvgIpc) is 2.01. The van der Waals surface area contributed by atoms with E-state index in [4.69, 9.17) is 6.42 Å². The third kappa shape index (κ3) is 7.15. The van der Waals surface area contributed by atoms with Crippen LogP contribution in [0.25, 0.3) is 0 Å². The van der Waals surface area contributed by atoms with Gasteiger partial charge >= 0.3 is 0 Å². The Morgan fingerprint density at radius 2 is 2.27 bits per heavy atom. The van der Waals surface area contributed by atoms with Crippen molar-refractivity contribution in [3.8, 4) is 12.3 Å². The summed E-state index contributed by atoms with van der Waals surface area (Å²) in [5.41, 5.74) is 0. The van der Waals surface area contributed by atoms with Crippen LogP contribution in [-0.4, -0.2) is 11.2 Å². The lowest BCUT2D eigenvalue weighted by Crippen LogP contribution is -2.04. The first kappa shape index (κ1) is 10.3. The molecule has 0 aliphatic carbocycles. The Kier molecular flexibility index (Phi) is 6.87. The Labute approximate surface area is 69.1 Å². The van der Waals surface area contributed by atoms with Gasteiger partial charge in [0.25, 0.3) is 0 Å². The largest absolute Gasteiger partial charge is 0.393 e. The molecule has 1 N–H and O–H groups in total. The summed E-state index contributed by atoms with van der Waals surface area (Å²) in [6.07, 6.45) is 10.9. The molecule has 0 bridgehead atoms. The van der Waals surface area contributed by atoms with Gasteiger partial charge in [-0.3, -0.25) is 0 Å². The molecule has 62 valence electrons. The zero-order valence-corrected chi connectivity index (χ0v) is 6.92. The second-order valence-corrected chi connectivity index (χ2v) is 2.62. The first-order valence-corrected chi connectivity index (χ1v) is 4.03. The monoisotopic (exact) mass is 152 g/mol. The summed E-state index contributed by atoms with van der Waals surface area (Å²) in [5, 5.41) is 9.29. The van der Waals surface area contributed by atoms with Crippen molar-refractivity contribution < 1.29 is 5.11 Å². The van der Waals surface area contributed by atoms with E-state index in [2.05, 4.69) is 12.5 Å². The number of terminal acetylenes is 1. The molecule has 1 atom stereocenters. The lowest BCUT2D eigenvalue weighted by molar-refractivity contribution is 0.153. The SMILES string of the molecule is C#CCCC[C@H](O)CCC=C. The van der Waals surface area contributed by atoms with E-state index in [-0.39, 0.29) is 6.10 Å². The molecule has 0 rings (SSSR count). The van der Waals surface area contributed by atoms with Gasteiger partial charge in [0.2, 0.25) is 0 Å². The van der Waals surface area contributed by atoms with Crippen molar-refractivity contribution in [2.75, 3.05) is 0 Å². The molecule has 0 amide bonds. The Morgan fingerprint density at radius 1 is 1.55 bits per heavy atom. The zero-order valence-electron chi connectivity index (χ0n) is 6.92. The molecule has 0 aliphatic heterocycles. The highest BCUT2D eigenvalue weighted by atomic mass is 16.3. The van der Waals surface area contributed by atoms with Crippen LogP contribution in [0, 0.1) is 12.3 Å². The van der Waals surface area contributed by atoms with E-state index < -0.39 is 0 Å². The predicted molar refractivity (Wildman–Crippen MR) is 48.1 cm³/mol. The Morgan fingerprint density at radius 3 is 2.82 bits per heavy atom. The number of unbranched alkanes of at least 4 members (excludes halogenated alkanes) is 1. The van der Waals surface area contributed by atoms with Gasteiger partial charge in [0.05, 0.1) is 6.10 Å². The summed E-state index contributed by atoms with van der Waals surface area (Å²) in [5.74, 6) is 2.55. The number of aliphatic hydroxyl groups excluding tert-OH is 1. The molecular weight excluding hydrogens is 136 g/mol. The second-order valence-electron chi connectivity index (χ2n) is 2.62. The minimum Gasteiger partial charge on any atom is -0.393 e. The van der Waals surface area contributed by atoms with Crippen molar-refractivity contribution in [2.24, 2.45) is 0 Å². The fraction of sp³-hybridized carbons (Fsp3) is 0.600. The minimum absolute atomic E-state index is 0.193. The molecule has 0 fully saturated rings. The highest BCUT2D eigenvalue weighted by Crippen LogP contribution is 2.06. The zero-order chi connectivity index (χ0) is 8.53. The van der Waals surface area contributed by atoms with Crippen LogP contribution >= 0.6 is 0 Å². The molecule has 11 heavy (non-hydrogen) atoms. The molecule has 0 aromatic carbocycles. The van der Waals surface area contributed by atoms with E-state index in [1.165, 1.54) is 0 Å². The van der Waals surface area contributed by atoms with Gasteiger partial charge in [0, 0.05) is 6.42 Å². The van der Waals surface area contributed by atoms with Crippen LogP contribution in [0.5, 0.6) is 0 Å². The maximum atomic E-state index is 9.29. The third-order valence-electron chi connectivity index (χ3n) is 1.56. The highest BCUT2D eigenvalue weighted by Gasteiger charge is 2.00. The van der Waals surface area contributed by atoms with Crippen molar-refractivity contribution in [1.29, 1.82) is 0 Å². The lowest BCUT2D eigenvalue weighted by Gasteiger charge is -2.06. The Balaban J connectivity index is 3.16. The summed E-state index contributed by atoms with van der Waals surface area (Å²) >= 11 is 0. The quantitative estimate of drug-likeness (QED) is 0.351. The van der Waals surface area contributed by atoms with Gasteiger partial charge in [0.15, 0.2) is 0 Å². The van der Waals surface area contributed by atoms with Crippen molar-refractivity contribution in [3.63, 3.8) is 0 Å². The predicted octanol–water partition coefficient (Wildman–Crippen LogP) is 2.12. The van der Waals surface area contributed by atoms with Gasteiger partial charge in [-0.1, -0.05) is 6.08 Å². The van der Waals surface area contributed by atoms with Crippen LogP contribution in [0.3, 0.4) is 0 Å². The molecule has 0 unspecified atom stereocenters. The van der Waals surface area contributed by atoms with Crippen molar-refractivity contribution >= 4 is 0 Å². The van der Waals surface area contributed by atoms with Gasteiger partial charge in [0.1, 0.15) is 0 Å². The maximum absolute atomic E-state index is 9.29. The van der Waals surface area contributed by atoms with E-state index in [0.29, 0.717) is 0 Å².